The van der Waals surface area contributed by atoms with Crippen molar-refractivity contribution in [2.24, 2.45) is 7.05 Å². The summed E-state index contributed by atoms with van der Waals surface area (Å²) in [5.41, 5.74) is -0.446. The van der Waals surface area contributed by atoms with Crippen molar-refractivity contribution in [3.8, 4) is 0 Å². The predicted molar refractivity (Wildman–Crippen MR) is 56.0 cm³/mol. The molecule has 2 aromatic heterocycles. The van der Waals surface area contributed by atoms with Crippen LogP contribution in [-0.2, 0) is 12.8 Å². The van der Waals surface area contributed by atoms with E-state index in [1.165, 1.54) is 22.6 Å². The van der Waals surface area contributed by atoms with Gasteiger partial charge < -0.3 is 4.98 Å². The second kappa shape index (κ2) is 4.31. The number of rotatable bonds is 3. The molecule has 0 amide bonds. The van der Waals surface area contributed by atoms with Gasteiger partial charge in [0, 0.05) is 24.6 Å². The molecule has 0 aliphatic carbocycles. The van der Waals surface area contributed by atoms with Crippen LogP contribution in [0.1, 0.15) is 5.56 Å². The molecule has 0 aliphatic rings. The van der Waals surface area contributed by atoms with Gasteiger partial charge in [-0.25, -0.2) is 9.48 Å². The lowest BCUT2D eigenvalue weighted by molar-refractivity contribution is 0.664. The maximum Gasteiger partial charge on any atom is 0.325 e. The first-order chi connectivity index (χ1) is 7.66. The van der Waals surface area contributed by atoms with E-state index in [0.717, 1.165) is 0 Å². The molecular formula is C7H8N6O2S. The van der Waals surface area contributed by atoms with Crippen molar-refractivity contribution >= 4 is 11.8 Å². The van der Waals surface area contributed by atoms with Crippen molar-refractivity contribution in [2.75, 3.05) is 0 Å². The summed E-state index contributed by atoms with van der Waals surface area (Å²) >= 11 is 1.31. The van der Waals surface area contributed by atoms with Crippen LogP contribution in [0.15, 0.2) is 20.9 Å². The number of thioether (sulfide) groups is 1. The maximum atomic E-state index is 11.3. The molecule has 0 saturated heterocycles. The summed E-state index contributed by atoms with van der Waals surface area (Å²) in [6.45, 7) is 0. The summed E-state index contributed by atoms with van der Waals surface area (Å²) in [6.07, 6.45) is 1.39. The minimum absolute atomic E-state index is 0.389. The quantitative estimate of drug-likeness (QED) is 0.658. The van der Waals surface area contributed by atoms with Crippen molar-refractivity contribution in [1.29, 1.82) is 0 Å². The molecule has 84 valence electrons. The number of aromatic nitrogens is 6. The molecule has 0 aromatic carbocycles. The molecule has 0 spiro atoms. The number of nitrogens with one attached hydrogen (secondary N) is 2. The van der Waals surface area contributed by atoms with E-state index in [0.29, 0.717) is 16.5 Å². The minimum Gasteiger partial charge on any atom is -0.314 e. The topological polar surface area (TPSA) is 109 Å². The first kappa shape index (κ1) is 10.6. The van der Waals surface area contributed by atoms with E-state index < -0.39 is 11.2 Å². The number of nitrogens with zero attached hydrogens (tertiary/aromatic N) is 4. The number of H-pyrrole nitrogens is 2. The zero-order valence-corrected chi connectivity index (χ0v) is 9.11. The molecule has 0 aliphatic heterocycles. The molecule has 0 saturated carbocycles. The van der Waals surface area contributed by atoms with Gasteiger partial charge in [-0.2, -0.15) is 0 Å². The van der Waals surface area contributed by atoms with Crippen molar-refractivity contribution in [3.63, 3.8) is 0 Å². The van der Waals surface area contributed by atoms with Crippen LogP contribution in [0.3, 0.4) is 0 Å². The van der Waals surface area contributed by atoms with E-state index in [9.17, 15) is 9.59 Å². The second-order valence-corrected chi connectivity index (χ2v) is 3.91. The summed E-state index contributed by atoms with van der Waals surface area (Å²) in [5.74, 6) is 0.389. The third kappa shape index (κ3) is 2.19. The second-order valence-electron chi connectivity index (χ2n) is 2.97. The summed E-state index contributed by atoms with van der Waals surface area (Å²) in [4.78, 5) is 26.7. The standard InChI is InChI=1S/C7H8N6O2S/c1-13-7(10-11-12-13)16-3-4-2-8-6(15)9-5(4)14/h2H,3H2,1H3,(H2,8,9,14,15). The Morgan fingerprint density at radius 3 is 2.94 bits per heavy atom. The third-order valence-electron chi connectivity index (χ3n) is 1.83. The van der Waals surface area contributed by atoms with Crippen LogP contribution >= 0.6 is 11.8 Å². The molecule has 0 atom stereocenters. The van der Waals surface area contributed by atoms with Gasteiger partial charge in [-0.05, 0) is 10.4 Å². The lowest BCUT2D eigenvalue weighted by atomic mass is 10.4. The highest BCUT2D eigenvalue weighted by atomic mass is 32.2. The van der Waals surface area contributed by atoms with Crippen LogP contribution in [0, 0.1) is 0 Å². The van der Waals surface area contributed by atoms with E-state index >= 15 is 0 Å². The molecule has 0 bridgehead atoms. The number of aromatic amines is 2. The van der Waals surface area contributed by atoms with Gasteiger partial charge in [-0.1, -0.05) is 11.8 Å². The fourth-order valence-corrected chi connectivity index (χ4v) is 1.85. The molecule has 16 heavy (non-hydrogen) atoms. The first-order valence-electron chi connectivity index (χ1n) is 4.33. The van der Waals surface area contributed by atoms with Crippen molar-refractivity contribution in [1.82, 2.24) is 30.2 Å². The minimum atomic E-state index is -0.515. The molecule has 0 fully saturated rings. The van der Waals surface area contributed by atoms with Crippen LogP contribution in [0.5, 0.6) is 0 Å². The van der Waals surface area contributed by atoms with Gasteiger partial charge >= 0.3 is 5.69 Å². The SMILES string of the molecule is Cn1nnnc1SCc1c[nH]c(=O)[nH]c1=O. The Labute approximate surface area is 93.1 Å². The van der Waals surface area contributed by atoms with E-state index in [1.54, 1.807) is 7.05 Å². The molecule has 2 N–H and O–H groups in total. The molecule has 2 heterocycles. The van der Waals surface area contributed by atoms with Crippen molar-refractivity contribution in [3.05, 3.63) is 32.6 Å². The zero-order valence-electron chi connectivity index (χ0n) is 8.30. The highest BCUT2D eigenvalue weighted by Gasteiger charge is 2.06. The molecule has 0 unspecified atom stereocenters. The smallest absolute Gasteiger partial charge is 0.314 e. The van der Waals surface area contributed by atoms with Crippen LogP contribution in [-0.4, -0.2) is 30.2 Å². The zero-order chi connectivity index (χ0) is 11.5. The fraction of sp³-hybridized carbons (Fsp3) is 0.286. The van der Waals surface area contributed by atoms with Crippen LogP contribution in [0.4, 0.5) is 0 Å². The van der Waals surface area contributed by atoms with E-state index in [1.807, 2.05) is 0 Å². The molecule has 8 nitrogen and oxygen atoms in total. The highest BCUT2D eigenvalue weighted by molar-refractivity contribution is 7.98. The Balaban J connectivity index is 2.14. The van der Waals surface area contributed by atoms with Gasteiger partial charge in [-0.3, -0.25) is 9.78 Å². The largest absolute Gasteiger partial charge is 0.325 e. The Hall–Kier alpha value is -1.90. The fourth-order valence-electron chi connectivity index (χ4n) is 1.03. The Morgan fingerprint density at radius 1 is 1.50 bits per heavy atom. The summed E-state index contributed by atoms with van der Waals surface area (Å²) in [6, 6.07) is 0. The van der Waals surface area contributed by atoms with E-state index in [4.69, 9.17) is 0 Å². The van der Waals surface area contributed by atoms with Gasteiger partial charge in [0.15, 0.2) is 0 Å². The van der Waals surface area contributed by atoms with Crippen LogP contribution in [0.2, 0.25) is 0 Å². The predicted octanol–water partition coefficient (Wildman–Crippen LogP) is -1.12. The lowest BCUT2D eigenvalue weighted by Crippen LogP contribution is -2.24. The average molecular weight is 240 g/mol. The Kier molecular flexibility index (Phi) is 2.86. The van der Waals surface area contributed by atoms with Gasteiger partial charge in [0.1, 0.15) is 0 Å². The molecular weight excluding hydrogens is 232 g/mol. The van der Waals surface area contributed by atoms with Crippen LogP contribution < -0.4 is 11.2 Å². The van der Waals surface area contributed by atoms with E-state index in [2.05, 4.69) is 25.5 Å². The molecule has 0 radical (unpaired) electrons. The van der Waals surface area contributed by atoms with Crippen molar-refractivity contribution < 1.29 is 0 Å². The lowest BCUT2D eigenvalue weighted by Gasteiger charge is -1.98. The third-order valence-corrected chi connectivity index (χ3v) is 2.89. The number of tetrazole rings is 1. The molecule has 2 rings (SSSR count). The summed E-state index contributed by atoms with van der Waals surface area (Å²) < 4.78 is 1.50. The Bertz CT molecular complexity index is 599. The summed E-state index contributed by atoms with van der Waals surface area (Å²) in [7, 11) is 1.71. The monoisotopic (exact) mass is 240 g/mol. The number of hydrogen-bond donors (Lipinski definition) is 2. The average Bonchev–Trinajstić information content (AvgIpc) is 2.63. The number of aryl methyl sites for hydroxylation is 1. The molecule has 9 heteroatoms. The van der Waals surface area contributed by atoms with E-state index in [-0.39, 0.29) is 0 Å². The van der Waals surface area contributed by atoms with Crippen LogP contribution in [0.25, 0.3) is 0 Å². The highest BCUT2D eigenvalue weighted by Crippen LogP contribution is 2.16. The van der Waals surface area contributed by atoms with Gasteiger partial charge in [0.05, 0.1) is 0 Å². The molecule has 2 aromatic rings. The van der Waals surface area contributed by atoms with Gasteiger partial charge in [-0.15, -0.1) is 5.10 Å². The van der Waals surface area contributed by atoms with Gasteiger partial charge in [0.2, 0.25) is 5.16 Å². The summed E-state index contributed by atoms with van der Waals surface area (Å²) in [5, 5.41) is 11.5. The van der Waals surface area contributed by atoms with Gasteiger partial charge in [0.25, 0.3) is 5.56 Å². The first-order valence-corrected chi connectivity index (χ1v) is 5.31. The normalized spacial score (nSPS) is 10.6. The Morgan fingerprint density at radius 2 is 2.31 bits per heavy atom. The maximum absolute atomic E-state index is 11.3. The number of hydrogen-bond acceptors (Lipinski definition) is 6. The van der Waals surface area contributed by atoms with Crippen molar-refractivity contribution in [2.45, 2.75) is 10.9 Å².